The van der Waals surface area contributed by atoms with Gasteiger partial charge in [-0.25, -0.2) is 4.79 Å². The topological polar surface area (TPSA) is 112 Å². The average Bonchev–Trinajstić information content (AvgIpc) is 3.04. The van der Waals surface area contributed by atoms with E-state index in [9.17, 15) is 19.7 Å². The first-order valence-corrected chi connectivity index (χ1v) is 6.48. The molecule has 0 atom stereocenters. The van der Waals surface area contributed by atoms with Crippen molar-refractivity contribution in [2.24, 2.45) is 0 Å². The number of rotatable bonds is 6. The van der Waals surface area contributed by atoms with Crippen molar-refractivity contribution in [3.05, 3.63) is 64.6 Å². The molecule has 23 heavy (non-hydrogen) atoms. The number of benzene rings is 1. The van der Waals surface area contributed by atoms with Gasteiger partial charge >= 0.3 is 5.97 Å². The number of furan rings is 1. The number of nitrogens with one attached hydrogen (secondary N) is 1. The van der Waals surface area contributed by atoms with Crippen LogP contribution in [0.5, 0.6) is 0 Å². The Morgan fingerprint density at radius 2 is 2.04 bits per heavy atom. The number of anilines is 1. The fourth-order valence-electron chi connectivity index (χ4n) is 1.65. The maximum Gasteiger partial charge on any atom is 0.331 e. The molecule has 118 valence electrons. The molecule has 0 fully saturated rings. The van der Waals surface area contributed by atoms with Crippen LogP contribution >= 0.6 is 0 Å². The van der Waals surface area contributed by atoms with Crippen LogP contribution < -0.4 is 5.32 Å². The minimum absolute atomic E-state index is 0.0321. The summed E-state index contributed by atoms with van der Waals surface area (Å²) in [6.45, 7) is -0.562. The van der Waals surface area contributed by atoms with Gasteiger partial charge in [-0.1, -0.05) is 12.1 Å². The van der Waals surface area contributed by atoms with E-state index in [0.717, 1.165) is 6.08 Å². The zero-order valence-corrected chi connectivity index (χ0v) is 11.8. The third-order valence-corrected chi connectivity index (χ3v) is 2.65. The third kappa shape index (κ3) is 4.81. The van der Waals surface area contributed by atoms with E-state index in [1.165, 1.54) is 30.5 Å². The van der Waals surface area contributed by atoms with Crippen LogP contribution in [-0.4, -0.2) is 23.4 Å². The first-order valence-electron chi connectivity index (χ1n) is 6.48. The number of amides is 1. The first kappa shape index (κ1) is 16.0. The zero-order chi connectivity index (χ0) is 16.7. The molecule has 8 nitrogen and oxygen atoms in total. The Kier molecular flexibility index (Phi) is 5.24. The largest absolute Gasteiger partial charge is 0.465 e. The molecule has 2 aromatic rings. The van der Waals surface area contributed by atoms with Gasteiger partial charge in [-0.3, -0.25) is 14.9 Å². The molecule has 0 aliphatic carbocycles. The fraction of sp³-hybridized carbons (Fsp3) is 0.0667. The molecule has 0 bridgehead atoms. The Hall–Kier alpha value is -3.42. The lowest BCUT2D eigenvalue weighted by atomic mass is 10.2. The summed E-state index contributed by atoms with van der Waals surface area (Å²) >= 11 is 0. The van der Waals surface area contributed by atoms with Crippen molar-refractivity contribution in [1.82, 2.24) is 0 Å². The highest BCUT2D eigenvalue weighted by molar-refractivity contribution is 5.96. The number of ether oxygens (including phenoxy) is 1. The van der Waals surface area contributed by atoms with Gasteiger partial charge in [0.2, 0.25) is 0 Å². The minimum Gasteiger partial charge on any atom is -0.465 e. The number of para-hydroxylation sites is 2. The van der Waals surface area contributed by atoms with Gasteiger partial charge in [0.25, 0.3) is 11.6 Å². The van der Waals surface area contributed by atoms with Crippen molar-refractivity contribution in [2.75, 3.05) is 11.9 Å². The van der Waals surface area contributed by atoms with Crippen molar-refractivity contribution < 1.29 is 23.7 Å². The highest BCUT2D eigenvalue weighted by atomic mass is 16.6. The van der Waals surface area contributed by atoms with E-state index in [0.29, 0.717) is 5.76 Å². The molecule has 0 aliphatic rings. The van der Waals surface area contributed by atoms with Crippen LogP contribution in [0.15, 0.2) is 53.2 Å². The van der Waals surface area contributed by atoms with Crippen molar-refractivity contribution in [3.8, 4) is 0 Å². The predicted molar refractivity (Wildman–Crippen MR) is 80.4 cm³/mol. The molecule has 2 rings (SSSR count). The van der Waals surface area contributed by atoms with Gasteiger partial charge in [0, 0.05) is 12.1 Å². The fourth-order valence-corrected chi connectivity index (χ4v) is 1.65. The molecule has 0 saturated carbocycles. The summed E-state index contributed by atoms with van der Waals surface area (Å²) in [6, 6.07) is 8.96. The number of nitro groups is 1. The lowest BCUT2D eigenvalue weighted by Gasteiger charge is -2.05. The second kappa shape index (κ2) is 7.55. The normalized spacial score (nSPS) is 10.4. The standard InChI is InChI=1S/C15H12N2O6/c18-14(16-12-5-1-2-6-13(12)17(20)21)10-23-15(19)8-7-11-4-3-9-22-11/h1-9H,10H2,(H,16,18). The molecule has 0 spiro atoms. The summed E-state index contributed by atoms with van der Waals surface area (Å²) in [5.41, 5.74) is -0.213. The summed E-state index contributed by atoms with van der Waals surface area (Å²) < 4.78 is 9.71. The van der Waals surface area contributed by atoms with Gasteiger partial charge in [-0.05, 0) is 24.3 Å². The Labute approximate surface area is 130 Å². The van der Waals surface area contributed by atoms with E-state index in [1.54, 1.807) is 18.2 Å². The molecule has 0 saturated heterocycles. The van der Waals surface area contributed by atoms with Gasteiger partial charge in [0.15, 0.2) is 6.61 Å². The molecule has 0 radical (unpaired) electrons. The molecule has 8 heteroatoms. The van der Waals surface area contributed by atoms with E-state index in [2.05, 4.69) is 5.32 Å². The monoisotopic (exact) mass is 316 g/mol. The van der Waals surface area contributed by atoms with Gasteiger partial charge in [0.05, 0.1) is 11.2 Å². The molecule has 1 aromatic carbocycles. The van der Waals surface area contributed by atoms with E-state index in [1.807, 2.05) is 0 Å². The Balaban J connectivity index is 1.86. The zero-order valence-electron chi connectivity index (χ0n) is 11.8. The maximum absolute atomic E-state index is 11.7. The number of hydrogen-bond donors (Lipinski definition) is 1. The Morgan fingerprint density at radius 1 is 1.26 bits per heavy atom. The molecular formula is C15H12N2O6. The van der Waals surface area contributed by atoms with Crippen LogP contribution in [0.3, 0.4) is 0 Å². The third-order valence-electron chi connectivity index (χ3n) is 2.65. The van der Waals surface area contributed by atoms with Gasteiger partial charge in [-0.15, -0.1) is 0 Å². The van der Waals surface area contributed by atoms with Gasteiger partial charge < -0.3 is 14.5 Å². The van der Waals surface area contributed by atoms with Crippen molar-refractivity contribution in [2.45, 2.75) is 0 Å². The van der Waals surface area contributed by atoms with Gasteiger partial charge in [0.1, 0.15) is 11.4 Å². The van der Waals surface area contributed by atoms with E-state index in [4.69, 9.17) is 9.15 Å². The molecular weight excluding hydrogens is 304 g/mol. The Bertz CT molecular complexity index is 736. The number of nitro benzene ring substituents is 1. The van der Waals surface area contributed by atoms with E-state index < -0.39 is 23.4 Å². The summed E-state index contributed by atoms with van der Waals surface area (Å²) in [4.78, 5) is 33.3. The molecule has 1 heterocycles. The molecule has 0 unspecified atom stereocenters. The Morgan fingerprint density at radius 3 is 2.74 bits per heavy atom. The molecule has 1 N–H and O–H groups in total. The number of nitrogens with zero attached hydrogens (tertiary/aromatic N) is 1. The molecule has 1 aromatic heterocycles. The van der Waals surface area contributed by atoms with Crippen LogP contribution in [0.1, 0.15) is 5.76 Å². The number of esters is 1. The van der Waals surface area contributed by atoms with Crippen LogP contribution in [0.4, 0.5) is 11.4 Å². The number of carbonyl (C=O) groups excluding carboxylic acids is 2. The quantitative estimate of drug-likeness (QED) is 0.379. The summed E-state index contributed by atoms with van der Waals surface area (Å²) in [5.74, 6) is -0.954. The van der Waals surface area contributed by atoms with Crippen molar-refractivity contribution in [1.29, 1.82) is 0 Å². The van der Waals surface area contributed by atoms with E-state index in [-0.39, 0.29) is 11.4 Å². The highest BCUT2D eigenvalue weighted by Gasteiger charge is 2.15. The SMILES string of the molecule is O=C(COC(=O)C=Cc1ccco1)Nc1ccccc1[N+](=O)[O-]. The number of carbonyl (C=O) groups is 2. The smallest absolute Gasteiger partial charge is 0.331 e. The number of hydrogen-bond acceptors (Lipinski definition) is 6. The van der Waals surface area contributed by atoms with Crippen molar-refractivity contribution in [3.63, 3.8) is 0 Å². The lowest BCUT2D eigenvalue weighted by Crippen LogP contribution is -2.20. The maximum atomic E-state index is 11.7. The van der Waals surface area contributed by atoms with Gasteiger partial charge in [-0.2, -0.15) is 0 Å². The highest BCUT2D eigenvalue weighted by Crippen LogP contribution is 2.22. The lowest BCUT2D eigenvalue weighted by molar-refractivity contribution is -0.383. The molecule has 1 amide bonds. The molecule has 0 aliphatic heterocycles. The summed E-state index contributed by atoms with van der Waals surface area (Å²) in [5, 5.41) is 13.1. The van der Waals surface area contributed by atoms with Crippen LogP contribution in [0.2, 0.25) is 0 Å². The first-order chi connectivity index (χ1) is 11.1. The van der Waals surface area contributed by atoms with Crippen LogP contribution in [0.25, 0.3) is 6.08 Å². The minimum atomic E-state index is -0.737. The van der Waals surface area contributed by atoms with E-state index >= 15 is 0 Å². The summed E-state index contributed by atoms with van der Waals surface area (Å²) in [6.07, 6.45) is 3.95. The van der Waals surface area contributed by atoms with Crippen molar-refractivity contribution >= 4 is 29.3 Å². The second-order valence-electron chi connectivity index (χ2n) is 4.28. The second-order valence-corrected chi connectivity index (χ2v) is 4.28. The van der Waals surface area contributed by atoms with Crippen LogP contribution in [-0.2, 0) is 14.3 Å². The van der Waals surface area contributed by atoms with Crippen LogP contribution in [0, 0.1) is 10.1 Å². The average molecular weight is 316 g/mol. The summed E-state index contributed by atoms with van der Waals surface area (Å²) in [7, 11) is 0. The predicted octanol–water partition coefficient (Wildman–Crippen LogP) is 2.38.